The van der Waals surface area contributed by atoms with Crippen LogP contribution in [0.15, 0.2) is 82.7 Å². The summed E-state index contributed by atoms with van der Waals surface area (Å²) in [7, 11) is 0. The van der Waals surface area contributed by atoms with Gasteiger partial charge in [-0.05, 0) is 47.4 Å². The molecule has 0 unspecified atom stereocenters. The molecular weight excluding hydrogens is 512 g/mol. The van der Waals surface area contributed by atoms with Crippen molar-refractivity contribution in [3.05, 3.63) is 111 Å². The van der Waals surface area contributed by atoms with Crippen LogP contribution in [0.3, 0.4) is 0 Å². The van der Waals surface area contributed by atoms with Gasteiger partial charge in [-0.2, -0.15) is 5.10 Å². The number of hydrazone groups is 1. The summed E-state index contributed by atoms with van der Waals surface area (Å²) in [5, 5.41) is 9.46. The first-order valence-corrected chi connectivity index (χ1v) is 14.5. The standard InChI is InChI=1S/C30H26N4O2S2/c1-18-19(2)38-30-28(18)29(36)31-26(32-30)16-37-17-27(35)34-25(21-9-4-3-5-10-21)15-24(33-34)23-13-12-20-8-6-7-11-22(20)14-23/h3-14,25H,15-17H2,1-2H3,(H,31,32,36)/t25-/m1/s1. The molecule has 0 saturated heterocycles. The van der Waals surface area contributed by atoms with E-state index >= 15 is 0 Å². The van der Waals surface area contributed by atoms with Gasteiger partial charge in [-0.15, -0.1) is 23.1 Å². The van der Waals surface area contributed by atoms with Crippen LogP contribution in [0.25, 0.3) is 21.0 Å². The van der Waals surface area contributed by atoms with Gasteiger partial charge >= 0.3 is 0 Å². The molecule has 0 bridgehead atoms. The van der Waals surface area contributed by atoms with Gasteiger partial charge in [-0.25, -0.2) is 9.99 Å². The van der Waals surface area contributed by atoms with E-state index in [-0.39, 0.29) is 23.3 Å². The number of aryl methyl sites for hydroxylation is 2. The zero-order valence-corrected chi connectivity index (χ0v) is 22.7. The minimum atomic E-state index is -0.155. The molecule has 190 valence electrons. The smallest absolute Gasteiger partial charge is 0.259 e. The third-order valence-electron chi connectivity index (χ3n) is 6.99. The van der Waals surface area contributed by atoms with Crippen LogP contribution in [0.2, 0.25) is 0 Å². The van der Waals surface area contributed by atoms with E-state index in [9.17, 15) is 9.59 Å². The fourth-order valence-electron chi connectivity index (χ4n) is 4.89. The van der Waals surface area contributed by atoms with Crippen molar-refractivity contribution in [1.82, 2.24) is 15.0 Å². The molecule has 3 heterocycles. The first-order chi connectivity index (χ1) is 18.5. The molecule has 1 aliphatic heterocycles. The highest BCUT2D eigenvalue weighted by atomic mass is 32.2. The molecular formula is C30H26N4O2S2. The number of thioether (sulfide) groups is 1. The van der Waals surface area contributed by atoms with Gasteiger partial charge in [0.2, 0.25) is 0 Å². The quantitative estimate of drug-likeness (QED) is 0.273. The van der Waals surface area contributed by atoms with Gasteiger partial charge in [-0.1, -0.05) is 66.7 Å². The SMILES string of the molecule is Cc1sc2nc(CSCC(=O)N3N=C(c4ccc5ccccc5c4)C[C@@H]3c3ccccc3)[nH]c(=O)c2c1C. The number of amides is 1. The average Bonchev–Trinajstić information content (AvgIpc) is 3.50. The molecule has 38 heavy (non-hydrogen) atoms. The Morgan fingerprint density at radius 2 is 1.82 bits per heavy atom. The van der Waals surface area contributed by atoms with Crippen molar-refractivity contribution < 1.29 is 4.79 Å². The maximum absolute atomic E-state index is 13.4. The Hall–Kier alpha value is -3.75. The second-order valence-corrected chi connectivity index (χ2v) is 11.6. The lowest BCUT2D eigenvalue weighted by molar-refractivity contribution is -0.130. The molecule has 3 aromatic carbocycles. The lowest BCUT2D eigenvalue weighted by Gasteiger charge is -2.22. The van der Waals surface area contributed by atoms with Crippen LogP contribution in [0.1, 0.15) is 39.9 Å². The summed E-state index contributed by atoms with van der Waals surface area (Å²) in [6.07, 6.45) is 0.654. The Kier molecular flexibility index (Phi) is 6.59. The Balaban J connectivity index is 1.22. The highest BCUT2D eigenvalue weighted by Gasteiger charge is 2.33. The number of aromatic amines is 1. The van der Waals surface area contributed by atoms with Gasteiger partial charge in [-0.3, -0.25) is 9.59 Å². The molecule has 0 saturated carbocycles. The van der Waals surface area contributed by atoms with E-state index in [2.05, 4.69) is 40.3 Å². The predicted molar refractivity (Wildman–Crippen MR) is 157 cm³/mol. The second kappa shape index (κ2) is 10.2. The number of aromatic nitrogens is 2. The Morgan fingerprint density at radius 3 is 2.63 bits per heavy atom. The van der Waals surface area contributed by atoms with E-state index in [0.717, 1.165) is 37.5 Å². The molecule has 1 N–H and O–H groups in total. The van der Waals surface area contributed by atoms with E-state index in [1.807, 2.05) is 56.3 Å². The fraction of sp³-hybridized carbons (Fsp3) is 0.200. The molecule has 8 heteroatoms. The van der Waals surface area contributed by atoms with Crippen molar-refractivity contribution in [3.63, 3.8) is 0 Å². The topological polar surface area (TPSA) is 78.4 Å². The zero-order valence-electron chi connectivity index (χ0n) is 21.1. The zero-order chi connectivity index (χ0) is 26.2. The molecule has 0 aliphatic carbocycles. The van der Waals surface area contributed by atoms with Crippen molar-refractivity contribution in [3.8, 4) is 0 Å². The molecule has 1 aliphatic rings. The summed E-state index contributed by atoms with van der Waals surface area (Å²) in [5.41, 5.74) is 3.86. The molecule has 0 fully saturated rings. The highest BCUT2D eigenvalue weighted by Crippen LogP contribution is 2.34. The van der Waals surface area contributed by atoms with Crippen molar-refractivity contribution in [1.29, 1.82) is 0 Å². The summed E-state index contributed by atoms with van der Waals surface area (Å²) < 4.78 is 0. The van der Waals surface area contributed by atoms with Crippen LogP contribution < -0.4 is 5.56 Å². The van der Waals surface area contributed by atoms with E-state index < -0.39 is 0 Å². The number of nitrogens with zero attached hydrogens (tertiary/aromatic N) is 3. The molecule has 0 radical (unpaired) electrons. The Morgan fingerprint density at radius 1 is 1.05 bits per heavy atom. The van der Waals surface area contributed by atoms with Crippen molar-refractivity contribution in [2.24, 2.45) is 5.10 Å². The number of carbonyl (C=O) groups is 1. The minimum Gasteiger partial charge on any atom is -0.309 e. The fourth-order valence-corrected chi connectivity index (χ4v) is 6.68. The Labute approximate surface area is 228 Å². The van der Waals surface area contributed by atoms with Crippen molar-refractivity contribution in [2.75, 3.05) is 5.75 Å². The number of hydrogen-bond donors (Lipinski definition) is 1. The van der Waals surface area contributed by atoms with E-state index in [1.165, 1.54) is 28.5 Å². The minimum absolute atomic E-state index is 0.0640. The van der Waals surface area contributed by atoms with Gasteiger partial charge in [0, 0.05) is 11.3 Å². The van der Waals surface area contributed by atoms with Gasteiger partial charge in [0.05, 0.1) is 28.6 Å². The highest BCUT2D eigenvalue weighted by molar-refractivity contribution is 7.99. The summed E-state index contributed by atoms with van der Waals surface area (Å²) in [6.45, 7) is 3.95. The van der Waals surface area contributed by atoms with Crippen LogP contribution in [0, 0.1) is 13.8 Å². The first-order valence-electron chi connectivity index (χ1n) is 12.5. The number of benzene rings is 3. The van der Waals surface area contributed by atoms with Crippen LogP contribution in [-0.4, -0.2) is 32.3 Å². The third kappa shape index (κ3) is 4.66. The van der Waals surface area contributed by atoms with Gasteiger partial charge in [0.1, 0.15) is 10.7 Å². The number of fused-ring (bicyclic) bond motifs is 2. The lowest BCUT2D eigenvalue weighted by atomic mass is 9.97. The molecule has 6 nitrogen and oxygen atoms in total. The second-order valence-electron chi connectivity index (χ2n) is 9.45. The largest absolute Gasteiger partial charge is 0.309 e. The van der Waals surface area contributed by atoms with Crippen LogP contribution in [0.4, 0.5) is 0 Å². The van der Waals surface area contributed by atoms with E-state index in [0.29, 0.717) is 23.4 Å². The summed E-state index contributed by atoms with van der Waals surface area (Å²) in [5.74, 6) is 1.20. The van der Waals surface area contributed by atoms with Crippen molar-refractivity contribution >= 4 is 55.7 Å². The number of H-pyrrole nitrogens is 1. The van der Waals surface area contributed by atoms with Gasteiger partial charge < -0.3 is 4.98 Å². The van der Waals surface area contributed by atoms with Crippen LogP contribution >= 0.6 is 23.1 Å². The number of nitrogens with one attached hydrogen (secondary N) is 1. The van der Waals surface area contributed by atoms with E-state index in [4.69, 9.17) is 5.10 Å². The molecule has 6 rings (SSSR count). The van der Waals surface area contributed by atoms with Crippen molar-refractivity contribution in [2.45, 2.75) is 32.1 Å². The third-order valence-corrected chi connectivity index (χ3v) is 9.02. The first kappa shape index (κ1) is 24.6. The lowest BCUT2D eigenvalue weighted by Crippen LogP contribution is -2.28. The molecule has 2 aromatic heterocycles. The number of hydrogen-bond acceptors (Lipinski definition) is 6. The number of carbonyl (C=O) groups excluding carboxylic acids is 1. The van der Waals surface area contributed by atoms with Crippen LogP contribution in [-0.2, 0) is 10.5 Å². The molecule has 0 spiro atoms. The average molecular weight is 539 g/mol. The predicted octanol–water partition coefficient (Wildman–Crippen LogP) is 6.37. The molecule has 5 aromatic rings. The molecule has 1 atom stereocenters. The maximum atomic E-state index is 13.4. The normalized spacial score (nSPS) is 15.4. The summed E-state index contributed by atoms with van der Waals surface area (Å²) in [6, 6.07) is 24.5. The van der Waals surface area contributed by atoms with Crippen LogP contribution in [0.5, 0.6) is 0 Å². The number of thiophene rings is 1. The number of rotatable bonds is 6. The monoisotopic (exact) mass is 538 g/mol. The molecule has 1 amide bonds. The maximum Gasteiger partial charge on any atom is 0.259 e. The summed E-state index contributed by atoms with van der Waals surface area (Å²) >= 11 is 2.97. The van der Waals surface area contributed by atoms with Gasteiger partial charge in [0.25, 0.3) is 11.5 Å². The van der Waals surface area contributed by atoms with E-state index in [1.54, 1.807) is 5.01 Å². The summed E-state index contributed by atoms with van der Waals surface area (Å²) in [4.78, 5) is 35.4. The Bertz CT molecular complexity index is 1760. The van der Waals surface area contributed by atoms with Gasteiger partial charge in [0.15, 0.2) is 0 Å².